The van der Waals surface area contributed by atoms with Crippen LogP contribution < -0.4 is 0 Å². The predicted molar refractivity (Wildman–Crippen MR) is 88.7 cm³/mol. The van der Waals surface area contributed by atoms with Gasteiger partial charge >= 0.3 is 5.97 Å². The number of rotatable bonds is 12. The van der Waals surface area contributed by atoms with Gasteiger partial charge in [-0.25, -0.2) is 0 Å². The van der Waals surface area contributed by atoms with Crippen molar-refractivity contribution < 1.29 is 14.3 Å². The van der Waals surface area contributed by atoms with Crippen LogP contribution >= 0.6 is 0 Å². The first-order valence-electron chi connectivity index (χ1n) is 8.43. The molecule has 3 heteroatoms. The second-order valence-corrected chi connectivity index (χ2v) is 5.66. The van der Waals surface area contributed by atoms with Crippen LogP contribution in [0.25, 0.3) is 0 Å². The highest BCUT2D eigenvalue weighted by Crippen LogP contribution is 2.08. The van der Waals surface area contributed by atoms with Gasteiger partial charge in [0.2, 0.25) is 0 Å². The maximum absolute atomic E-state index is 11.7. The van der Waals surface area contributed by atoms with E-state index in [0.29, 0.717) is 19.4 Å². The van der Waals surface area contributed by atoms with Gasteiger partial charge < -0.3 is 4.74 Å². The molecule has 1 rings (SSSR count). The summed E-state index contributed by atoms with van der Waals surface area (Å²) in [6.07, 6.45) is 7.55. The molecule has 0 aliphatic rings. The van der Waals surface area contributed by atoms with E-state index in [4.69, 9.17) is 4.74 Å². The number of carbonyl (C=O) groups is 2. The van der Waals surface area contributed by atoms with Crippen molar-refractivity contribution in [3.05, 3.63) is 35.9 Å². The van der Waals surface area contributed by atoms with Crippen LogP contribution in [-0.2, 0) is 20.7 Å². The minimum Gasteiger partial charge on any atom is -0.465 e. The molecular formula is C19H28O3. The average Bonchev–Trinajstić information content (AvgIpc) is 2.54. The Hall–Kier alpha value is -1.64. The van der Waals surface area contributed by atoms with Gasteiger partial charge in [-0.2, -0.15) is 0 Å². The first-order chi connectivity index (χ1) is 10.7. The minimum atomic E-state index is -0.268. The number of ether oxygens (including phenoxy) is 1. The molecule has 0 aliphatic heterocycles. The second-order valence-electron chi connectivity index (χ2n) is 5.66. The zero-order valence-corrected chi connectivity index (χ0v) is 13.7. The molecule has 0 unspecified atom stereocenters. The molecule has 1 aromatic rings. The summed E-state index contributed by atoms with van der Waals surface area (Å²) in [4.78, 5) is 23.2. The number of carbonyl (C=O) groups excluding carboxylic acids is 2. The summed E-state index contributed by atoms with van der Waals surface area (Å²) in [7, 11) is 0. The molecule has 0 bridgehead atoms. The highest BCUT2D eigenvalue weighted by Gasteiger charge is 2.08. The van der Waals surface area contributed by atoms with Gasteiger partial charge in [-0.1, -0.05) is 62.9 Å². The molecular weight excluding hydrogens is 276 g/mol. The summed E-state index contributed by atoms with van der Waals surface area (Å²) in [6.45, 7) is 2.56. The third kappa shape index (κ3) is 9.32. The lowest BCUT2D eigenvalue weighted by atomic mass is 10.1. The maximum atomic E-state index is 11.7. The van der Waals surface area contributed by atoms with Gasteiger partial charge in [-0.3, -0.25) is 9.59 Å². The number of unbranched alkanes of at least 4 members (excludes halogenated alkanes) is 4. The molecule has 0 amide bonds. The minimum absolute atomic E-state index is 0.177. The van der Waals surface area contributed by atoms with Crippen molar-refractivity contribution >= 4 is 11.8 Å². The summed E-state index contributed by atoms with van der Waals surface area (Å²) < 4.78 is 5.16. The van der Waals surface area contributed by atoms with Crippen LogP contribution in [0.3, 0.4) is 0 Å². The largest absolute Gasteiger partial charge is 0.465 e. The summed E-state index contributed by atoms with van der Waals surface area (Å²) >= 11 is 0. The van der Waals surface area contributed by atoms with Crippen LogP contribution in [0, 0.1) is 0 Å². The Morgan fingerprint density at radius 2 is 1.64 bits per heavy atom. The summed E-state index contributed by atoms with van der Waals surface area (Å²) in [5.41, 5.74) is 1.15. The molecule has 0 aromatic heterocycles. The fraction of sp³-hybridized carbons (Fsp3) is 0.579. The van der Waals surface area contributed by atoms with Crippen molar-refractivity contribution in [2.24, 2.45) is 0 Å². The van der Waals surface area contributed by atoms with Crippen molar-refractivity contribution in [1.29, 1.82) is 0 Å². The Morgan fingerprint density at radius 1 is 0.909 bits per heavy atom. The van der Waals surface area contributed by atoms with Gasteiger partial charge in [0.15, 0.2) is 0 Å². The Kier molecular flexibility index (Phi) is 10.0. The van der Waals surface area contributed by atoms with Crippen molar-refractivity contribution in [3.8, 4) is 0 Å². The summed E-state index contributed by atoms with van der Waals surface area (Å²) in [5, 5.41) is 0. The molecule has 0 aliphatic carbocycles. The topological polar surface area (TPSA) is 43.4 Å². The Labute approximate surface area is 134 Å². The first kappa shape index (κ1) is 18.4. The van der Waals surface area contributed by atoms with E-state index in [1.165, 1.54) is 19.3 Å². The molecule has 0 fully saturated rings. The Morgan fingerprint density at radius 3 is 2.36 bits per heavy atom. The average molecular weight is 304 g/mol. The van der Waals surface area contributed by atoms with Crippen LogP contribution in [0.4, 0.5) is 0 Å². The van der Waals surface area contributed by atoms with E-state index >= 15 is 0 Å². The Bertz CT molecular complexity index is 426. The van der Waals surface area contributed by atoms with E-state index in [9.17, 15) is 9.59 Å². The van der Waals surface area contributed by atoms with Crippen LogP contribution in [-0.4, -0.2) is 18.4 Å². The van der Waals surface area contributed by atoms with E-state index in [2.05, 4.69) is 6.92 Å². The molecule has 0 spiro atoms. The van der Waals surface area contributed by atoms with E-state index in [1.54, 1.807) is 0 Å². The van der Waals surface area contributed by atoms with Gasteiger partial charge in [0.05, 0.1) is 13.0 Å². The number of hydrogen-bond donors (Lipinski definition) is 0. The molecule has 0 saturated carbocycles. The van der Waals surface area contributed by atoms with Crippen LogP contribution in [0.15, 0.2) is 30.3 Å². The zero-order chi connectivity index (χ0) is 16.0. The van der Waals surface area contributed by atoms with E-state index < -0.39 is 0 Å². The van der Waals surface area contributed by atoms with Crippen LogP contribution in [0.1, 0.15) is 63.9 Å². The standard InChI is InChI=1S/C19H28O3/c1-2-3-4-5-9-12-18(20)13-14-19(21)22-16-15-17-10-7-6-8-11-17/h6-8,10-11H,2-5,9,12-16H2,1H3. The normalized spacial score (nSPS) is 10.4. The van der Waals surface area contributed by atoms with Crippen LogP contribution in [0.5, 0.6) is 0 Å². The number of Topliss-reactive ketones (excluding diaryl/α,β-unsaturated/α-hetero) is 1. The van der Waals surface area contributed by atoms with Crippen molar-refractivity contribution in [3.63, 3.8) is 0 Å². The fourth-order valence-electron chi connectivity index (χ4n) is 2.29. The quantitative estimate of drug-likeness (QED) is 0.422. The number of benzene rings is 1. The van der Waals surface area contributed by atoms with E-state index in [-0.39, 0.29) is 18.2 Å². The lowest BCUT2D eigenvalue weighted by molar-refractivity contribution is -0.144. The number of ketones is 1. The highest BCUT2D eigenvalue weighted by molar-refractivity contribution is 5.82. The zero-order valence-electron chi connectivity index (χ0n) is 13.7. The molecule has 1 aromatic carbocycles. The van der Waals surface area contributed by atoms with Crippen LogP contribution in [0.2, 0.25) is 0 Å². The van der Waals surface area contributed by atoms with Gasteiger partial charge in [-0.05, 0) is 12.0 Å². The maximum Gasteiger partial charge on any atom is 0.306 e. The molecule has 0 atom stereocenters. The molecule has 122 valence electrons. The van der Waals surface area contributed by atoms with Gasteiger partial charge in [0.25, 0.3) is 0 Å². The molecule has 0 radical (unpaired) electrons. The van der Waals surface area contributed by atoms with Gasteiger partial charge in [-0.15, -0.1) is 0 Å². The smallest absolute Gasteiger partial charge is 0.306 e. The SMILES string of the molecule is CCCCCCCC(=O)CCC(=O)OCCc1ccccc1. The molecule has 0 saturated heterocycles. The third-order valence-electron chi connectivity index (χ3n) is 3.66. The predicted octanol–water partition coefficient (Wildman–Crippen LogP) is 4.48. The molecule has 3 nitrogen and oxygen atoms in total. The fourth-order valence-corrected chi connectivity index (χ4v) is 2.29. The second kappa shape index (κ2) is 12.0. The molecule has 22 heavy (non-hydrogen) atoms. The van der Waals surface area contributed by atoms with Crippen molar-refractivity contribution in [2.45, 2.75) is 64.7 Å². The molecule has 0 heterocycles. The Balaban J connectivity index is 2.01. The van der Waals surface area contributed by atoms with E-state index in [1.807, 2.05) is 30.3 Å². The lowest BCUT2D eigenvalue weighted by Gasteiger charge is -2.05. The number of esters is 1. The first-order valence-corrected chi connectivity index (χ1v) is 8.43. The third-order valence-corrected chi connectivity index (χ3v) is 3.66. The van der Waals surface area contributed by atoms with Crippen molar-refractivity contribution in [2.75, 3.05) is 6.61 Å². The monoisotopic (exact) mass is 304 g/mol. The number of hydrogen-bond acceptors (Lipinski definition) is 3. The molecule has 0 N–H and O–H groups in total. The lowest BCUT2D eigenvalue weighted by Crippen LogP contribution is -2.10. The highest BCUT2D eigenvalue weighted by atomic mass is 16.5. The summed E-state index contributed by atoms with van der Waals surface area (Å²) in [5.74, 6) is -0.0910. The summed E-state index contributed by atoms with van der Waals surface area (Å²) in [6, 6.07) is 9.92. The van der Waals surface area contributed by atoms with Crippen molar-refractivity contribution in [1.82, 2.24) is 0 Å². The van der Waals surface area contributed by atoms with Gasteiger partial charge in [0, 0.05) is 19.3 Å². The van der Waals surface area contributed by atoms with E-state index in [0.717, 1.165) is 24.8 Å². The van der Waals surface area contributed by atoms with Gasteiger partial charge in [0.1, 0.15) is 5.78 Å².